The summed E-state index contributed by atoms with van der Waals surface area (Å²) in [7, 11) is 0. The highest BCUT2D eigenvalue weighted by atomic mass is 17.2. The minimum atomic E-state index is -1.54. The summed E-state index contributed by atoms with van der Waals surface area (Å²) in [6, 6.07) is 8.09. The molecule has 0 aliphatic carbocycles. The van der Waals surface area contributed by atoms with Gasteiger partial charge in [0, 0.05) is 17.0 Å². The quantitative estimate of drug-likeness (QED) is 0.497. The van der Waals surface area contributed by atoms with E-state index in [-0.39, 0.29) is 6.61 Å². The van der Waals surface area contributed by atoms with Crippen molar-refractivity contribution in [3.05, 3.63) is 46.3 Å². The molecule has 0 fully saturated rings. The minimum Gasteiger partial charge on any atom is -0.448 e. The van der Waals surface area contributed by atoms with Crippen LogP contribution in [0.1, 0.15) is 5.56 Å². The molecule has 2 rings (SSSR count). The Kier molecular flexibility index (Phi) is 3.06. The second-order valence-corrected chi connectivity index (χ2v) is 3.20. The van der Waals surface area contributed by atoms with Gasteiger partial charge in [-0.2, -0.15) is 4.89 Å². The van der Waals surface area contributed by atoms with E-state index in [1.54, 1.807) is 24.3 Å². The van der Waals surface area contributed by atoms with Crippen LogP contribution in [0.25, 0.3) is 11.0 Å². The normalized spacial score (nSPS) is 10.4. The molecule has 2 aromatic rings. The Morgan fingerprint density at radius 1 is 1.35 bits per heavy atom. The van der Waals surface area contributed by atoms with Crippen LogP contribution >= 0.6 is 0 Å². The van der Waals surface area contributed by atoms with Gasteiger partial charge >= 0.3 is 11.8 Å². The predicted octanol–water partition coefficient (Wildman–Crippen LogP) is 1.92. The molecular weight excluding hydrogens is 228 g/mol. The van der Waals surface area contributed by atoms with Gasteiger partial charge in [-0.3, -0.25) is 4.89 Å². The van der Waals surface area contributed by atoms with E-state index < -0.39 is 11.8 Å². The third-order valence-corrected chi connectivity index (χ3v) is 2.08. The maximum absolute atomic E-state index is 11.2. The summed E-state index contributed by atoms with van der Waals surface area (Å²) in [6.07, 6.45) is -1.54. The molecule has 0 aliphatic rings. The highest BCUT2D eigenvalue weighted by molar-refractivity contribution is 5.79. The molecule has 6 heteroatoms. The molecule has 0 aliphatic heterocycles. The Morgan fingerprint density at radius 3 is 2.88 bits per heavy atom. The molecule has 0 saturated carbocycles. The van der Waals surface area contributed by atoms with Crippen molar-refractivity contribution in [1.29, 1.82) is 0 Å². The molecule has 17 heavy (non-hydrogen) atoms. The second kappa shape index (κ2) is 4.67. The Morgan fingerprint density at radius 2 is 2.12 bits per heavy atom. The van der Waals surface area contributed by atoms with Crippen molar-refractivity contribution in [1.82, 2.24) is 0 Å². The number of benzene rings is 1. The lowest BCUT2D eigenvalue weighted by molar-refractivity contribution is -0.260. The van der Waals surface area contributed by atoms with Crippen LogP contribution in [0.4, 0.5) is 4.79 Å². The number of para-hydroxylation sites is 1. The average molecular weight is 236 g/mol. The van der Waals surface area contributed by atoms with Crippen molar-refractivity contribution in [3.8, 4) is 0 Å². The van der Waals surface area contributed by atoms with Gasteiger partial charge in [-0.1, -0.05) is 18.2 Å². The van der Waals surface area contributed by atoms with E-state index in [4.69, 9.17) is 9.52 Å². The van der Waals surface area contributed by atoms with Gasteiger partial charge in [0.1, 0.15) is 12.2 Å². The van der Waals surface area contributed by atoms with E-state index in [2.05, 4.69) is 9.78 Å². The molecule has 1 heterocycles. The topological polar surface area (TPSA) is 86.0 Å². The van der Waals surface area contributed by atoms with Crippen LogP contribution in [0.3, 0.4) is 0 Å². The second-order valence-electron chi connectivity index (χ2n) is 3.20. The van der Waals surface area contributed by atoms with Crippen LogP contribution in [-0.2, 0) is 16.4 Å². The minimum absolute atomic E-state index is 0.154. The van der Waals surface area contributed by atoms with Crippen LogP contribution in [-0.4, -0.2) is 11.3 Å². The molecule has 0 atom stereocenters. The molecule has 0 spiro atoms. The van der Waals surface area contributed by atoms with Crippen molar-refractivity contribution in [2.45, 2.75) is 6.61 Å². The molecule has 88 valence electrons. The fourth-order valence-corrected chi connectivity index (χ4v) is 1.44. The first-order chi connectivity index (χ1) is 8.16. The van der Waals surface area contributed by atoms with Gasteiger partial charge in [0.05, 0.1) is 0 Å². The SMILES string of the molecule is O=C(O)OOCc1cc(=O)oc2ccccc12. The highest BCUT2D eigenvalue weighted by Crippen LogP contribution is 2.17. The monoisotopic (exact) mass is 236 g/mol. The van der Waals surface area contributed by atoms with Crippen molar-refractivity contribution >= 4 is 17.1 Å². The lowest BCUT2D eigenvalue weighted by Gasteiger charge is -2.03. The zero-order chi connectivity index (χ0) is 12.3. The number of carbonyl (C=O) groups is 1. The van der Waals surface area contributed by atoms with Crippen LogP contribution in [0.5, 0.6) is 0 Å². The molecule has 0 bridgehead atoms. The largest absolute Gasteiger partial charge is 0.537 e. The maximum Gasteiger partial charge on any atom is 0.537 e. The van der Waals surface area contributed by atoms with Crippen molar-refractivity contribution in [2.75, 3.05) is 0 Å². The Hall–Kier alpha value is -2.34. The Labute approximate surface area is 94.9 Å². The molecular formula is C11H8O6. The molecule has 0 unspecified atom stereocenters. The van der Waals surface area contributed by atoms with Crippen molar-refractivity contribution < 1.29 is 24.1 Å². The zero-order valence-electron chi connectivity index (χ0n) is 8.58. The summed E-state index contributed by atoms with van der Waals surface area (Å²) in [5, 5.41) is 8.90. The van der Waals surface area contributed by atoms with E-state index in [9.17, 15) is 9.59 Å². The van der Waals surface area contributed by atoms with Crippen molar-refractivity contribution in [2.24, 2.45) is 0 Å². The smallest absolute Gasteiger partial charge is 0.448 e. The van der Waals surface area contributed by atoms with Gasteiger partial charge in [0.15, 0.2) is 0 Å². The molecule has 1 N–H and O–H groups in total. The first-order valence-electron chi connectivity index (χ1n) is 4.71. The lowest BCUT2D eigenvalue weighted by atomic mass is 10.1. The zero-order valence-corrected chi connectivity index (χ0v) is 8.58. The third kappa shape index (κ3) is 2.61. The first-order valence-corrected chi connectivity index (χ1v) is 4.71. The molecule has 0 amide bonds. The number of rotatable bonds is 3. The summed E-state index contributed by atoms with van der Waals surface area (Å²) in [6.45, 7) is -0.154. The maximum atomic E-state index is 11.2. The Bertz CT molecular complexity index is 600. The number of hydrogen-bond donors (Lipinski definition) is 1. The van der Waals surface area contributed by atoms with E-state index in [0.717, 1.165) is 0 Å². The van der Waals surface area contributed by atoms with Crippen LogP contribution in [0.15, 0.2) is 39.5 Å². The van der Waals surface area contributed by atoms with Gasteiger partial charge in [0.25, 0.3) is 0 Å². The van der Waals surface area contributed by atoms with Gasteiger partial charge in [-0.25, -0.2) is 9.59 Å². The lowest BCUT2D eigenvalue weighted by Crippen LogP contribution is -2.05. The van der Waals surface area contributed by atoms with Crippen molar-refractivity contribution in [3.63, 3.8) is 0 Å². The number of fused-ring (bicyclic) bond motifs is 1. The fraction of sp³-hybridized carbons (Fsp3) is 0.0909. The molecule has 0 saturated heterocycles. The van der Waals surface area contributed by atoms with Crippen LogP contribution < -0.4 is 5.63 Å². The van der Waals surface area contributed by atoms with E-state index in [0.29, 0.717) is 16.5 Å². The van der Waals surface area contributed by atoms with Crippen LogP contribution in [0.2, 0.25) is 0 Å². The van der Waals surface area contributed by atoms with E-state index in [1.807, 2.05) is 0 Å². The highest BCUT2D eigenvalue weighted by Gasteiger charge is 2.06. The van der Waals surface area contributed by atoms with Crippen LogP contribution in [0, 0.1) is 0 Å². The Balaban J connectivity index is 2.32. The number of carboxylic acid groups (broad SMARTS) is 1. The summed E-state index contributed by atoms with van der Waals surface area (Å²) < 4.78 is 4.96. The predicted molar refractivity (Wildman–Crippen MR) is 56.4 cm³/mol. The van der Waals surface area contributed by atoms with Gasteiger partial charge in [0.2, 0.25) is 0 Å². The van der Waals surface area contributed by atoms with Gasteiger partial charge < -0.3 is 9.52 Å². The van der Waals surface area contributed by atoms with E-state index in [1.165, 1.54) is 6.07 Å². The molecule has 0 radical (unpaired) electrons. The summed E-state index contributed by atoms with van der Waals surface area (Å²) in [4.78, 5) is 29.7. The third-order valence-electron chi connectivity index (χ3n) is 2.08. The standard InChI is InChI=1S/C11H8O6/c12-10-5-7(6-15-17-11(13)14)8-3-1-2-4-9(8)16-10/h1-5H,6H2,(H,13,14). The summed E-state index contributed by atoms with van der Waals surface area (Å²) in [5.74, 6) is 0. The molecule has 1 aromatic carbocycles. The number of hydrogen-bond acceptors (Lipinski definition) is 5. The molecule has 6 nitrogen and oxygen atoms in total. The summed E-state index contributed by atoms with van der Waals surface area (Å²) in [5.41, 5.74) is 0.379. The van der Waals surface area contributed by atoms with Gasteiger partial charge in [-0.15, -0.1) is 0 Å². The van der Waals surface area contributed by atoms with Gasteiger partial charge in [-0.05, 0) is 6.07 Å². The average Bonchev–Trinajstić information content (AvgIpc) is 2.28. The first kappa shape index (κ1) is 11.2. The fourth-order valence-electron chi connectivity index (χ4n) is 1.44. The van der Waals surface area contributed by atoms with E-state index >= 15 is 0 Å². The molecule has 1 aromatic heterocycles. The summed E-state index contributed by atoms with van der Waals surface area (Å²) >= 11 is 0.